The van der Waals surface area contributed by atoms with Crippen LogP contribution in [0.1, 0.15) is 11.3 Å². The summed E-state index contributed by atoms with van der Waals surface area (Å²) in [4.78, 5) is 4.43. The summed E-state index contributed by atoms with van der Waals surface area (Å²) in [7, 11) is 0. The number of halogens is 1. The maximum Gasteiger partial charge on any atom is 0.179 e. The van der Waals surface area contributed by atoms with Crippen LogP contribution in [0.25, 0.3) is 5.65 Å². The second kappa shape index (κ2) is 4.46. The number of hydrogen-bond donors (Lipinski definition) is 1. The molecule has 0 atom stereocenters. The van der Waals surface area contributed by atoms with E-state index in [1.165, 1.54) is 5.56 Å². The van der Waals surface area contributed by atoms with Crippen LogP contribution >= 0.6 is 15.9 Å². The van der Waals surface area contributed by atoms with Gasteiger partial charge in [-0.15, -0.1) is 0 Å². The first-order chi connectivity index (χ1) is 8.72. The molecule has 0 saturated heterocycles. The molecule has 0 fully saturated rings. The Kier molecular flexibility index (Phi) is 2.80. The van der Waals surface area contributed by atoms with Crippen LogP contribution in [-0.2, 0) is 6.42 Å². The number of pyridine rings is 1. The van der Waals surface area contributed by atoms with Crippen molar-refractivity contribution in [2.45, 2.75) is 6.42 Å². The quantitative estimate of drug-likeness (QED) is 0.788. The summed E-state index contributed by atoms with van der Waals surface area (Å²) in [6.07, 6.45) is 4.57. The van der Waals surface area contributed by atoms with E-state index in [9.17, 15) is 5.11 Å². The van der Waals surface area contributed by atoms with E-state index in [1.54, 1.807) is 12.1 Å². The molecule has 4 heteroatoms. The topological polar surface area (TPSA) is 37.5 Å². The third kappa shape index (κ3) is 2.11. The monoisotopic (exact) mass is 302 g/mol. The van der Waals surface area contributed by atoms with Crippen molar-refractivity contribution in [2.75, 3.05) is 0 Å². The first kappa shape index (κ1) is 11.3. The van der Waals surface area contributed by atoms with Crippen LogP contribution in [-0.4, -0.2) is 14.5 Å². The number of aromatic hydroxyl groups is 1. The molecule has 1 N–H and O–H groups in total. The number of rotatable bonds is 2. The van der Waals surface area contributed by atoms with Gasteiger partial charge in [-0.25, -0.2) is 4.98 Å². The number of aromatic nitrogens is 2. The molecule has 0 radical (unpaired) electrons. The van der Waals surface area contributed by atoms with Gasteiger partial charge in [-0.2, -0.15) is 0 Å². The Morgan fingerprint density at radius 3 is 2.89 bits per heavy atom. The van der Waals surface area contributed by atoms with Crippen LogP contribution in [0.5, 0.6) is 5.75 Å². The standard InChI is InChI=1S/C14H11BrN2O/c15-11-4-1-3-10(7-11)8-12-9-17-6-2-5-13(18)14(17)16-12/h1-7,9,18H,8H2. The molecule has 0 amide bonds. The van der Waals surface area contributed by atoms with Crippen LogP contribution in [0.4, 0.5) is 0 Å². The third-order valence-electron chi connectivity index (χ3n) is 2.79. The summed E-state index contributed by atoms with van der Waals surface area (Å²) in [6.45, 7) is 0. The molecular weight excluding hydrogens is 292 g/mol. The zero-order valence-corrected chi connectivity index (χ0v) is 11.1. The van der Waals surface area contributed by atoms with Crippen molar-refractivity contribution < 1.29 is 5.11 Å². The first-order valence-corrected chi connectivity index (χ1v) is 6.42. The zero-order valence-electron chi connectivity index (χ0n) is 9.55. The van der Waals surface area contributed by atoms with E-state index in [-0.39, 0.29) is 5.75 Å². The van der Waals surface area contributed by atoms with E-state index >= 15 is 0 Å². The Morgan fingerprint density at radius 2 is 2.11 bits per heavy atom. The van der Waals surface area contributed by atoms with Crippen LogP contribution in [0.15, 0.2) is 53.3 Å². The van der Waals surface area contributed by atoms with Gasteiger partial charge in [0.2, 0.25) is 0 Å². The zero-order chi connectivity index (χ0) is 12.5. The molecule has 0 saturated carbocycles. The van der Waals surface area contributed by atoms with Crippen molar-refractivity contribution in [2.24, 2.45) is 0 Å². The molecule has 3 aromatic rings. The number of benzene rings is 1. The molecule has 2 heterocycles. The lowest BCUT2D eigenvalue weighted by Gasteiger charge is -1.98. The molecular formula is C14H11BrN2O. The Morgan fingerprint density at radius 1 is 1.22 bits per heavy atom. The average molecular weight is 303 g/mol. The molecule has 0 aliphatic rings. The molecule has 0 spiro atoms. The van der Waals surface area contributed by atoms with Gasteiger partial charge in [-0.3, -0.25) is 0 Å². The highest BCUT2D eigenvalue weighted by molar-refractivity contribution is 9.10. The smallest absolute Gasteiger partial charge is 0.179 e. The summed E-state index contributed by atoms with van der Waals surface area (Å²) in [5.41, 5.74) is 2.73. The number of fused-ring (bicyclic) bond motifs is 1. The van der Waals surface area contributed by atoms with Crippen LogP contribution in [0.3, 0.4) is 0 Å². The number of hydrogen-bond acceptors (Lipinski definition) is 2. The van der Waals surface area contributed by atoms with Gasteiger partial charge in [-0.1, -0.05) is 28.1 Å². The highest BCUT2D eigenvalue weighted by atomic mass is 79.9. The molecule has 18 heavy (non-hydrogen) atoms. The minimum Gasteiger partial charge on any atom is -0.504 e. The molecule has 0 aliphatic heterocycles. The average Bonchev–Trinajstić information content (AvgIpc) is 2.73. The van der Waals surface area contributed by atoms with E-state index in [2.05, 4.69) is 33.0 Å². The van der Waals surface area contributed by atoms with E-state index in [0.29, 0.717) is 5.65 Å². The summed E-state index contributed by atoms with van der Waals surface area (Å²) in [6, 6.07) is 11.6. The van der Waals surface area contributed by atoms with E-state index < -0.39 is 0 Å². The van der Waals surface area contributed by atoms with Crippen molar-refractivity contribution in [3.05, 3.63) is 64.5 Å². The number of nitrogens with zero attached hydrogens (tertiary/aromatic N) is 2. The predicted molar refractivity (Wildman–Crippen MR) is 73.8 cm³/mol. The van der Waals surface area contributed by atoms with Crippen LogP contribution < -0.4 is 0 Å². The molecule has 3 rings (SSSR count). The Labute approximate surface area is 113 Å². The fourth-order valence-electron chi connectivity index (χ4n) is 1.99. The number of imidazole rings is 1. The molecule has 3 nitrogen and oxygen atoms in total. The maximum absolute atomic E-state index is 9.70. The lowest BCUT2D eigenvalue weighted by Crippen LogP contribution is -1.87. The Balaban J connectivity index is 1.98. The molecule has 1 aromatic carbocycles. The minimum absolute atomic E-state index is 0.206. The lowest BCUT2D eigenvalue weighted by atomic mass is 10.1. The largest absolute Gasteiger partial charge is 0.504 e. The van der Waals surface area contributed by atoms with E-state index in [1.807, 2.05) is 28.9 Å². The third-order valence-corrected chi connectivity index (χ3v) is 3.28. The molecule has 0 bridgehead atoms. The summed E-state index contributed by atoms with van der Waals surface area (Å²) >= 11 is 3.46. The van der Waals surface area contributed by atoms with Crippen molar-refractivity contribution in [3.63, 3.8) is 0 Å². The normalized spacial score (nSPS) is 10.9. The predicted octanol–water partition coefficient (Wildman–Crippen LogP) is 3.39. The Hall–Kier alpha value is -1.81. The van der Waals surface area contributed by atoms with Crippen molar-refractivity contribution in [3.8, 4) is 5.75 Å². The second-order valence-corrected chi connectivity index (χ2v) is 5.08. The van der Waals surface area contributed by atoms with Gasteiger partial charge in [0, 0.05) is 23.3 Å². The highest BCUT2D eigenvalue weighted by Crippen LogP contribution is 2.19. The van der Waals surface area contributed by atoms with Gasteiger partial charge in [0.25, 0.3) is 0 Å². The van der Waals surface area contributed by atoms with Crippen molar-refractivity contribution >= 4 is 21.6 Å². The second-order valence-electron chi connectivity index (χ2n) is 4.16. The summed E-state index contributed by atoms with van der Waals surface area (Å²) < 4.78 is 2.90. The van der Waals surface area contributed by atoms with Gasteiger partial charge in [0.1, 0.15) is 0 Å². The fraction of sp³-hybridized carbons (Fsp3) is 0.0714. The summed E-state index contributed by atoms with van der Waals surface area (Å²) in [5.74, 6) is 0.206. The van der Waals surface area contributed by atoms with Crippen LogP contribution in [0, 0.1) is 0 Å². The van der Waals surface area contributed by atoms with Gasteiger partial charge in [0.05, 0.1) is 5.69 Å². The molecule has 2 aromatic heterocycles. The summed E-state index contributed by atoms with van der Waals surface area (Å²) in [5, 5.41) is 9.70. The molecule has 0 aliphatic carbocycles. The first-order valence-electron chi connectivity index (χ1n) is 5.62. The highest BCUT2D eigenvalue weighted by Gasteiger charge is 2.06. The maximum atomic E-state index is 9.70. The van der Waals surface area contributed by atoms with Crippen LogP contribution in [0.2, 0.25) is 0 Å². The SMILES string of the molecule is Oc1cccn2cc(Cc3cccc(Br)c3)nc12. The van der Waals surface area contributed by atoms with Gasteiger partial charge in [-0.05, 0) is 29.8 Å². The fourth-order valence-corrected chi connectivity index (χ4v) is 2.44. The van der Waals surface area contributed by atoms with Gasteiger partial charge >= 0.3 is 0 Å². The van der Waals surface area contributed by atoms with E-state index in [0.717, 1.165) is 16.6 Å². The van der Waals surface area contributed by atoms with Gasteiger partial charge < -0.3 is 9.51 Å². The lowest BCUT2D eigenvalue weighted by molar-refractivity contribution is 0.477. The van der Waals surface area contributed by atoms with Crippen molar-refractivity contribution in [1.82, 2.24) is 9.38 Å². The minimum atomic E-state index is 0.206. The van der Waals surface area contributed by atoms with Gasteiger partial charge in [0.15, 0.2) is 11.4 Å². The Bertz CT molecular complexity index is 706. The van der Waals surface area contributed by atoms with Crippen molar-refractivity contribution in [1.29, 1.82) is 0 Å². The molecule has 90 valence electrons. The molecule has 0 unspecified atom stereocenters. The van der Waals surface area contributed by atoms with E-state index in [4.69, 9.17) is 0 Å².